The van der Waals surface area contributed by atoms with Gasteiger partial charge in [0.25, 0.3) is 20.1 Å². The second-order valence-electron chi connectivity index (χ2n) is 22.2. The van der Waals surface area contributed by atoms with Crippen molar-refractivity contribution >= 4 is 159 Å². The van der Waals surface area contributed by atoms with Gasteiger partial charge in [-0.1, -0.05) is 164 Å². The van der Waals surface area contributed by atoms with Crippen LogP contribution in [0.4, 0.5) is 68.2 Å². The predicted molar refractivity (Wildman–Crippen MR) is 339 cm³/mol. The van der Waals surface area contributed by atoms with Crippen molar-refractivity contribution in [2.45, 2.75) is 0 Å². The third-order valence-electron chi connectivity index (χ3n) is 18.1. The third-order valence-corrected chi connectivity index (χ3v) is 18.1. The first-order valence-electron chi connectivity index (χ1n) is 28.3. The van der Waals surface area contributed by atoms with Crippen molar-refractivity contribution in [3.05, 3.63) is 261 Å². The van der Waals surface area contributed by atoms with Crippen molar-refractivity contribution in [1.82, 2.24) is 0 Å². The van der Waals surface area contributed by atoms with Crippen molar-refractivity contribution in [2.75, 3.05) is 19.6 Å². The molecule has 0 saturated carbocycles. The number of nitrogens with zero attached hydrogens (tertiary/aromatic N) is 4. The lowest BCUT2D eigenvalue weighted by Gasteiger charge is -2.49. The Hall–Kier alpha value is -10.6. The van der Waals surface area contributed by atoms with Crippen molar-refractivity contribution in [1.29, 1.82) is 0 Å². The van der Waals surface area contributed by atoms with E-state index in [1.807, 2.05) is 0 Å². The Bertz CT molecular complexity index is 4800. The molecule has 6 aliphatic rings. The molecule has 19 rings (SSSR count). The molecule has 12 aromatic carbocycles. The van der Waals surface area contributed by atoms with Gasteiger partial charge in [0.15, 0.2) is 0 Å². The minimum atomic E-state index is -0.449. The van der Waals surface area contributed by atoms with Crippen LogP contribution in [0.15, 0.2) is 265 Å². The van der Waals surface area contributed by atoms with Crippen molar-refractivity contribution < 1.29 is 13.9 Å². The summed E-state index contributed by atoms with van der Waals surface area (Å²) in [4.78, 5) is 9.94. The van der Waals surface area contributed by atoms with E-state index in [1.165, 1.54) is 10.9 Å². The molecule has 6 aliphatic heterocycles. The molecule has 7 heterocycles. The zero-order valence-corrected chi connectivity index (χ0v) is 44.1. The summed E-state index contributed by atoms with van der Waals surface area (Å²) in [5.74, 6) is 3.42. The number of hydrogen-bond acceptors (Lipinski definition) is 7. The molecule has 1 aromatic heterocycles. The van der Waals surface area contributed by atoms with Crippen LogP contribution in [0.2, 0.25) is 0 Å². The monoisotopic (exact) mass is 1040 g/mol. The highest BCUT2D eigenvalue weighted by Crippen LogP contribution is 2.54. The Balaban J connectivity index is 1.03. The van der Waals surface area contributed by atoms with Crippen LogP contribution in [-0.4, -0.2) is 20.1 Å². The summed E-state index contributed by atoms with van der Waals surface area (Å²) in [6.07, 6.45) is 0. The van der Waals surface area contributed by atoms with Gasteiger partial charge in [-0.15, -0.1) is 0 Å². The molecule has 0 saturated heterocycles. The normalized spacial score (nSPS) is 14.1. The Morgan fingerprint density at radius 1 is 0.268 bits per heavy atom. The first kappa shape index (κ1) is 44.3. The minimum Gasteiger partial charge on any atom is -0.459 e. The number of fused-ring (bicyclic) bond motifs is 18. The maximum absolute atomic E-state index is 7.85. The van der Waals surface area contributed by atoms with Gasteiger partial charge in [-0.3, -0.25) is 0 Å². The molecule has 0 bridgehead atoms. The summed E-state index contributed by atoms with van der Waals surface area (Å²) < 4.78 is 22.9. The number of anilines is 12. The summed E-state index contributed by atoms with van der Waals surface area (Å²) in [5, 5.41) is 2.10. The first-order chi connectivity index (χ1) is 40.7. The summed E-state index contributed by atoms with van der Waals surface area (Å²) in [5.41, 5.74) is 24.7. The molecule has 7 nitrogen and oxygen atoms in total. The van der Waals surface area contributed by atoms with E-state index in [1.54, 1.807) is 0 Å². The maximum Gasteiger partial charge on any atom is 0.261 e. The van der Waals surface area contributed by atoms with Gasteiger partial charge in [0.1, 0.15) is 34.2 Å². The highest BCUT2D eigenvalue weighted by atomic mass is 16.5. The second-order valence-corrected chi connectivity index (χ2v) is 22.2. The fourth-order valence-corrected chi connectivity index (χ4v) is 15.0. The van der Waals surface area contributed by atoms with E-state index < -0.39 is 6.71 Å². The van der Waals surface area contributed by atoms with Gasteiger partial charge in [-0.2, -0.15) is 0 Å². The van der Waals surface area contributed by atoms with Gasteiger partial charge in [0, 0.05) is 74.0 Å². The van der Waals surface area contributed by atoms with Gasteiger partial charge >= 0.3 is 0 Å². The lowest BCUT2D eigenvalue weighted by Crippen LogP contribution is -2.67. The number of rotatable bonds is 4. The molecular weight excluding hydrogens is 1000 g/mol. The molecule has 10 heteroatoms. The molecule has 0 spiro atoms. The topological polar surface area (TPSA) is 44.6 Å². The molecule has 0 fully saturated rings. The highest BCUT2D eigenvalue weighted by molar-refractivity contribution is 7.05. The quantitative estimate of drug-likeness (QED) is 0.163. The lowest BCUT2D eigenvalue weighted by molar-refractivity contribution is 0.490. The van der Waals surface area contributed by atoms with Crippen molar-refractivity contribution in [3.63, 3.8) is 0 Å². The van der Waals surface area contributed by atoms with E-state index >= 15 is 0 Å². The van der Waals surface area contributed by atoms with Crippen LogP contribution in [0.1, 0.15) is 0 Å². The SMILES string of the molecule is c1ccc(N2c3ccccc3B3c4ccccc4Oc4c3c2cc2c4B3c4c(cc5c6c4Oc4ccccc4B6c4ccccc4N5c4ccccc4)N(c4ccccc4)c4c3c(cc3oc5ccccc5c43)N2c2ccccc2)cc1. The maximum atomic E-state index is 7.85. The number of ether oxygens (including phenoxy) is 2. The Labute approximate surface area is 474 Å². The molecule has 0 N–H and O–H groups in total. The van der Waals surface area contributed by atoms with E-state index in [2.05, 4.69) is 280 Å². The fraction of sp³-hybridized carbons (Fsp3) is 0. The zero-order chi connectivity index (χ0) is 53.3. The number of hydrogen-bond donors (Lipinski definition) is 0. The smallest absolute Gasteiger partial charge is 0.261 e. The van der Waals surface area contributed by atoms with Crippen LogP contribution in [0.25, 0.3) is 21.9 Å². The van der Waals surface area contributed by atoms with Gasteiger partial charge in [-0.25, -0.2) is 0 Å². The minimum absolute atomic E-state index is 0.142. The lowest BCUT2D eigenvalue weighted by atomic mass is 9.28. The fourth-order valence-electron chi connectivity index (χ4n) is 15.0. The summed E-state index contributed by atoms with van der Waals surface area (Å²) in [6.45, 7) is -0.732. The van der Waals surface area contributed by atoms with E-state index in [0.717, 1.165) is 151 Å². The molecular formula is C72H43B3N4O3. The average molecular weight is 1040 g/mol. The van der Waals surface area contributed by atoms with E-state index in [4.69, 9.17) is 13.9 Å². The Morgan fingerprint density at radius 3 is 1.13 bits per heavy atom. The molecule has 0 amide bonds. The number of furan rings is 1. The van der Waals surface area contributed by atoms with Gasteiger partial charge in [-0.05, 0) is 140 Å². The second kappa shape index (κ2) is 16.5. The van der Waals surface area contributed by atoms with Crippen LogP contribution < -0.4 is 78.2 Å². The molecule has 0 atom stereocenters. The number of para-hydroxylation sites is 9. The van der Waals surface area contributed by atoms with Crippen LogP contribution in [0, 0.1) is 0 Å². The largest absolute Gasteiger partial charge is 0.459 e. The molecule has 13 aromatic rings. The van der Waals surface area contributed by atoms with Gasteiger partial charge in [0.2, 0.25) is 0 Å². The van der Waals surface area contributed by atoms with Gasteiger partial charge in [0.05, 0.1) is 11.1 Å². The Kier molecular flexibility index (Phi) is 8.92. The summed E-state index contributed by atoms with van der Waals surface area (Å²) in [7, 11) is 0. The van der Waals surface area contributed by atoms with Crippen LogP contribution >= 0.6 is 0 Å². The van der Waals surface area contributed by atoms with E-state index in [0.29, 0.717) is 0 Å². The average Bonchev–Trinajstić information content (AvgIpc) is 1.09. The standard InChI is InChI=1S/C72H43B3N4O3/c1-5-23-44(24-6-1)76-53-36-18-14-32-49(53)73-51-34-16-21-39-61(51)81-71-66(73)55(76)41-57-68(71)75-65-59(78(57)46-27-9-3-10-28-46)43-63-64(48-31-13-20-38-60(48)80-63)70(65)79(47-29-11-4-12-30-47)58-42-56-67-72(69(58)75)82-62-40-22-17-35-52(62)74(67)50-33-15-19-37-54(50)77(56)45-25-7-2-8-26-45/h1-43H. The Morgan fingerprint density at radius 2 is 0.634 bits per heavy atom. The van der Waals surface area contributed by atoms with Crippen molar-refractivity contribution in [2.24, 2.45) is 0 Å². The summed E-state index contributed by atoms with van der Waals surface area (Å²) >= 11 is 0. The van der Waals surface area contributed by atoms with E-state index in [-0.39, 0.29) is 13.4 Å². The first-order valence-corrected chi connectivity index (χ1v) is 28.3. The van der Waals surface area contributed by atoms with E-state index in [9.17, 15) is 0 Å². The number of benzene rings is 12. The van der Waals surface area contributed by atoms with Crippen LogP contribution in [0.5, 0.6) is 23.0 Å². The zero-order valence-electron chi connectivity index (χ0n) is 44.1. The van der Waals surface area contributed by atoms with Crippen LogP contribution in [-0.2, 0) is 0 Å². The molecule has 378 valence electrons. The highest BCUT2D eigenvalue weighted by Gasteiger charge is 2.54. The van der Waals surface area contributed by atoms with Crippen molar-refractivity contribution in [3.8, 4) is 23.0 Å². The summed E-state index contributed by atoms with van der Waals surface area (Å²) in [6, 6.07) is 94.6. The van der Waals surface area contributed by atoms with Gasteiger partial charge < -0.3 is 33.5 Å². The molecule has 82 heavy (non-hydrogen) atoms. The molecule has 0 radical (unpaired) electrons. The predicted octanol–water partition coefficient (Wildman–Crippen LogP) is 12.5. The van der Waals surface area contributed by atoms with Crippen LogP contribution in [0.3, 0.4) is 0 Å². The molecule has 0 unspecified atom stereocenters. The molecule has 0 aliphatic carbocycles. The third kappa shape index (κ3) is 5.82.